The van der Waals surface area contributed by atoms with Gasteiger partial charge in [0.1, 0.15) is 0 Å². The maximum absolute atomic E-state index is 11.8. The summed E-state index contributed by atoms with van der Waals surface area (Å²) in [5.74, 6) is 4.96. The van der Waals surface area contributed by atoms with Crippen molar-refractivity contribution in [3.63, 3.8) is 0 Å². The molecule has 1 aromatic rings. The molecule has 0 aliphatic carbocycles. The van der Waals surface area contributed by atoms with Crippen molar-refractivity contribution >= 4 is 5.91 Å². The van der Waals surface area contributed by atoms with Crippen LogP contribution in [0.5, 0.6) is 0 Å². The van der Waals surface area contributed by atoms with Crippen LogP contribution in [0.4, 0.5) is 0 Å². The van der Waals surface area contributed by atoms with Crippen LogP contribution in [0.2, 0.25) is 0 Å². The second kappa shape index (κ2) is 6.71. The predicted octanol–water partition coefficient (Wildman–Crippen LogP) is 0.418. The van der Waals surface area contributed by atoms with Crippen molar-refractivity contribution in [1.29, 1.82) is 0 Å². The molecule has 5 heteroatoms. The third kappa shape index (κ3) is 3.93. The Morgan fingerprint density at radius 2 is 2.41 bits per heavy atom. The first-order valence-electron chi connectivity index (χ1n) is 5.36. The molecule has 0 unspecified atom stereocenters. The average Bonchev–Trinajstić information content (AvgIpc) is 2.70. The summed E-state index contributed by atoms with van der Waals surface area (Å²) in [7, 11) is 3.46. The third-order valence-electron chi connectivity index (χ3n) is 2.36. The van der Waals surface area contributed by atoms with Gasteiger partial charge in [-0.3, -0.25) is 9.48 Å². The summed E-state index contributed by atoms with van der Waals surface area (Å²) in [4.78, 5) is 13.4. The molecule has 92 valence electrons. The highest BCUT2D eigenvalue weighted by Gasteiger charge is 2.13. The van der Waals surface area contributed by atoms with Gasteiger partial charge >= 0.3 is 0 Å². The SMILES string of the molecule is CC#CC(=O)N(CCOC)Cc1ccnn1C. The maximum Gasteiger partial charge on any atom is 0.298 e. The molecule has 5 nitrogen and oxygen atoms in total. The minimum absolute atomic E-state index is 0.189. The second-order valence-electron chi connectivity index (χ2n) is 3.54. The molecular formula is C12H17N3O2. The Labute approximate surface area is 101 Å². The van der Waals surface area contributed by atoms with Gasteiger partial charge in [0.15, 0.2) is 0 Å². The molecule has 0 spiro atoms. The predicted molar refractivity (Wildman–Crippen MR) is 64.0 cm³/mol. The van der Waals surface area contributed by atoms with Crippen LogP contribution < -0.4 is 0 Å². The maximum atomic E-state index is 11.8. The van der Waals surface area contributed by atoms with Crippen LogP contribution in [0.25, 0.3) is 0 Å². The summed E-state index contributed by atoms with van der Waals surface area (Å²) < 4.78 is 6.73. The van der Waals surface area contributed by atoms with Crippen molar-refractivity contribution in [2.24, 2.45) is 7.05 Å². The van der Waals surface area contributed by atoms with E-state index in [4.69, 9.17) is 4.74 Å². The summed E-state index contributed by atoms with van der Waals surface area (Å²) >= 11 is 0. The first-order valence-corrected chi connectivity index (χ1v) is 5.36. The lowest BCUT2D eigenvalue weighted by molar-refractivity contribution is -0.126. The van der Waals surface area contributed by atoms with E-state index in [0.29, 0.717) is 19.7 Å². The molecule has 1 rings (SSSR count). The number of methoxy groups -OCH3 is 1. The van der Waals surface area contributed by atoms with Gasteiger partial charge in [-0.05, 0) is 18.9 Å². The van der Waals surface area contributed by atoms with Crippen LogP contribution in [0.3, 0.4) is 0 Å². The van der Waals surface area contributed by atoms with Crippen molar-refractivity contribution in [2.75, 3.05) is 20.3 Å². The third-order valence-corrected chi connectivity index (χ3v) is 2.36. The Kier molecular flexibility index (Phi) is 5.24. The highest BCUT2D eigenvalue weighted by molar-refractivity contribution is 5.93. The summed E-state index contributed by atoms with van der Waals surface area (Å²) in [6.07, 6.45) is 1.71. The van der Waals surface area contributed by atoms with Crippen molar-refractivity contribution in [3.05, 3.63) is 18.0 Å². The summed E-state index contributed by atoms with van der Waals surface area (Å²) in [5, 5.41) is 4.07. The van der Waals surface area contributed by atoms with E-state index in [0.717, 1.165) is 5.69 Å². The standard InChI is InChI=1S/C12H17N3O2/c1-4-5-12(16)15(8-9-17-3)10-11-6-7-13-14(11)2/h6-7H,8-10H2,1-3H3. The molecular weight excluding hydrogens is 218 g/mol. The van der Waals surface area contributed by atoms with E-state index in [1.54, 1.807) is 29.8 Å². The Hall–Kier alpha value is -1.80. The first kappa shape index (κ1) is 13.3. The zero-order valence-electron chi connectivity index (χ0n) is 10.4. The van der Waals surface area contributed by atoms with Gasteiger partial charge in [0.2, 0.25) is 0 Å². The molecule has 0 aromatic carbocycles. The van der Waals surface area contributed by atoms with Crippen LogP contribution >= 0.6 is 0 Å². The summed E-state index contributed by atoms with van der Waals surface area (Å²) in [6.45, 7) is 3.16. The zero-order chi connectivity index (χ0) is 12.7. The Morgan fingerprint density at radius 1 is 1.65 bits per heavy atom. The molecule has 0 aliphatic heterocycles. The molecule has 1 heterocycles. The second-order valence-corrected chi connectivity index (χ2v) is 3.54. The molecule has 0 aliphatic rings. The monoisotopic (exact) mass is 235 g/mol. The van der Waals surface area contributed by atoms with E-state index in [9.17, 15) is 4.79 Å². The van der Waals surface area contributed by atoms with Crippen LogP contribution in [-0.2, 0) is 23.1 Å². The number of hydrogen-bond acceptors (Lipinski definition) is 3. The van der Waals surface area contributed by atoms with E-state index in [1.165, 1.54) is 0 Å². The molecule has 0 atom stereocenters. The van der Waals surface area contributed by atoms with Crippen molar-refractivity contribution in [1.82, 2.24) is 14.7 Å². The number of carbonyl (C=O) groups is 1. The Balaban J connectivity index is 2.72. The Morgan fingerprint density at radius 3 is 2.94 bits per heavy atom. The normalized spacial score (nSPS) is 9.59. The number of aryl methyl sites for hydroxylation is 1. The van der Waals surface area contributed by atoms with Gasteiger partial charge in [0, 0.05) is 26.9 Å². The topological polar surface area (TPSA) is 47.4 Å². The molecule has 0 fully saturated rings. The van der Waals surface area contributed by atoms with Crippen molar-refractivity contribution in [3.8, 4) is 11.8 Å². The van der Waals surface area contributed by atoms with Crippen LogP contribution in [0.15, 0.2) is 12.3 Å². The van der Waals surface area contributed by atoms with E-state index in [2.05, 4.69) is 16.9 Å². The fraction of sp³-hybridized carbons (Fsp3) is 0.500. The quantitative estimate of drug-likeness (QED) is 0.695. The molecule has 0 radical (unpaired) electrons. The molecule has 17 heavy (non-hydrogen) atoms. The van der Waals surface area contributed by atoms with Gasteiger partial charge in [-0.1, -0.05) is 5.92 Å². The van der Waals surface area contributed by atoms with Crippen molar-refractivity contribution < 1.29 is 9.53 Å². The fourth-order valence-electron chi connectivity index (χ4n) is 1.39. The highest BCUT2D eigenvalue weighted by atomic mass is 16.5. The number of rotatable bonds is 5. The van der Waals surface area contributed by atoms with Gasteiger partial charge in [-0.25, -0.2) is 0 Å². The summed E-state index contributed by atoms with van der Waals surface area (Å²) in [5.41, 5.74) is 0.965. The lowest BCUT2D eigenvalue weighted by atomic mass is 10.3. The van der Waals surface area contributed by atoms with Crippen LogP contribution in [-0.4, -0.2) is 40.8 Å². The lowest BCUT2D eigenvalue weighted by Crippen LogP contribution is -2.33. The van der Waals surface area contributed by atoms with Gasteiger partial charge in [-0.15, -0.1) is 0 Å². The highest BCUT2D eigenvalue weighted by Crippen LogP contribution is 2.03. The minimum atomic E-state index is -0.189. The number of nitrogens with zero attached hydrogens (tertiary/aromatic N) is 3. The number of aromatic nitrogens is 2. The fourth-order valence-corrected chi connectivity index (χ4v) is 1.39. The number of amides is 1. The molecule has 1 amide bonds. The van der Waals surface area contributed by atoms with Crippen LogP contribution in [0.1, 0.15) is 12.6 Å². The number of carbonyl (C=O) groups excluding carboxylic acids is 1. The van der Waals surface area contributed by atoms with Crippen molar-refractivity contribution in [2.45, 2.75) is 13.5 Å². The number of hydrogen-bond donors (Lipinski definition) is 0. The van der Waals surface area contributed by atoms with E-state index < -0.39 is 0 Å². The van der Waals surface area contributed by atoms with Gasteiger partial charge in [0.05, 0.1) is 18.8 Å². The molecule has 0 bridgehead atoms. The van der Waals surface area contributed by atoms with E-state index in [-0.39, 0.29) is 5.91 Å². The van der Waals surface area contributed by atoms with E-state index in [1.807, 2.05) is 13.1 Å². The van der Waals surface area contributed by atoms with E-state index >= 15 is 0 Å². The van der Waals surface area contributed by atoms with Gasteiger partial charge in [0.25, 0.3) is 5.91 Å². The van der Waals surface area contributed by atoms with Gasteiger partial charge < -0.3 is 9.64 Å². The minimum Gasteiger partial charge on any atom is -0.383 e. The molecule has 0 saturated carbocycles. The first-order chi connectivity index (χ1) is 8.19. The summed E-state index contributed by atoms with van der Waals surface area (Å²) in [6, 6.07) is 1.88. The Bertz CT molecular complexity index is 428. The lowest BCUT2D eigenvalue weighted by Gasteiger charge is -2.19. The zero-order valence-corrected chi connectivity index (χ0v) is 10.4. The molecule has 0 N–H and O–H groups in total. The van der Waals surface area contributed by atoms with Crippen LogP contribution in [0, 0.1) is 11.8 Å². The molecule has 1 aromatic heterocycles. The largest absolute Gasteiger partial charge is 0.383 e. The van der Waals surface area contributed by atoms with Gasteiger partial charge in [-0.2, -0.15) is 5.10 Å². The molecule has 0 saturated heterocycles. The smallest absolute Gasteiger partial charge is 0.298 e. The average molecular weight is 235 g/mol. The number of ether oxygens (including phenoxy) is 1.